The van der Waals surface area contributed by atoms with Gasteiger partial charge in [0.2, 0.25) is 0 Å². The Labute approximate surface area is 107 Å². The highest BCUT2D eigenvalue weighted by atomic mass is 16.1. The molecule has 1 aromatic rings. The van der Waals surface area contributed by atoms with Crippen LogP contribution in [-0.4, -0.2) is 36.1 Å². The van der Waals surface area contributed by atoms with Crippen LogP contribution in [0, 0.1) is 5.92 Å². The number of rotatable bonds is 4. The van der Waals surface area contributed by atoms with E-state index in [1.165, 1.54) is 6.33 Å². The molecule has 0 radical (unpaired) electrons. The number of anilines is 2. The van der Waals surface area contributed by atoms with Gasteiger partial charge in [0.25, 0.3) is 5.56 Å². The van der Waals surface area contributed by atoms with Crippen molar-refractivity contribution in [3.8, 4) is 0 Å². The summed E-state index contributed by atoms with van der Waals surface area (Å²) in [6.45, 7) is 6.04. The van der Waals surface area contributed by atoms with Gasteiger partial charge in [0.1, 0.15) is 5.69 Å². The summed E-state index contributed by atoms with van der Waals surface area (Å²) in [4.78, 5) is 20.2. The van der Waals surface area contributed by atoms with Gasteiger partial charge in [-0.05, 0) is 31.8 Å². The fourth-order valence-corrected chi connectivity index (χ4v) is 2.35. The summed E-state index contributed by atoms with van der Waals surface area (Å²) >= 11 is 0. The minimum atomic E-state index is -0.255. The third kappa shape index (κ3) is 2.81. The molecule has 6 heteroatoms. The van der Waals surface area contributed by atoms with E-state index in [0.29, 0.717) is 11.7 Å². The van der Waals surface area contributed by atoms with Crippen LogP contribution >= 0.6 is 0 Å². The van der Waals surface area contributed by atoms with E-state index < -0.39 is 0 Å². The smallest absolute Gasteiger partial charge is 0.276 e. The van der Waals surface area contributed by atoms with Crippen LogP contribution in [0.15, 0.2) is 11.1 Å². The average molecular weight is 251 g/mol. The van der Waals surface area contributed by atoms with Gasteiger partial charge >= 0.3 is 0 Å². The lowest BCUT2D eigenvalue weighted by atomic mass is 9.97. The number of aromatic nitrogens is 2. The molecule has 6 nitrogen and oxygen atoms in total. The monoisotopic (exact) mass is 251 g/mol. The van der Waals surface area contributed by atoms with Gasteiger partial charge in [-0.1, -0.05) is 6.92 Å². The summed E-state index contributed by atoms with van der Waals surface area (Å²) in [5.74, 6) is 1.34. The van der Waals surface area contributed by atoms with Crippen LogP contribution in [-0.2, 0) is 0 Å². The second-order valence-electron chi connectivity index (χ2n) is 4.71. The van der Waals surface area contributed by atoms with Crippen molar-refractivity contribution in [1.29, 1.82) is 0 Å². The summed E-state index contributed by atoms with van der Waals surface area (Å²) in [5.41, 5.74) is 5.74. The largest absolute Gasteiger partial charge is 0.391 e. The first-order valence-electron chi connectivity index (χ1n) is 6.51. The first-order chi connectivity index (χ1) is 8.72. The number of nitrogens with one attached hydrogen (secondary N) is 2. The number of nitrogen functional groups attached to an aromatic ring is 1. The lowest BCUT2D eigenvalue weighted by Crippen LogP contribution is -2.38. The summed E-state index contributed by atoms with van der Waals surface area (Å²) in [7, 11) is 0. The minimum Gasteiger partial charge on any atom is -0.391 e. The quantitative estimate of drug-likeness (QED) is 0.710. The maximum atomic E-state index is 11.4. The molecule has 1 fully saturated rings. The highest BCUT2D eigenvalue weighted by Crippen LogP contribution is 2.23. The first-order valence-corrected chi connectivity index (χ1v) is 6.51. The van der Waals surface area contributed by atoms with Crippen LogP contribution in [0.4, 0.5) is 11.5 Å². The van der Waals surface area contributed by atoms with E-state index >= 15 is 0 Å². The maximum absolute atomic E-state index is 11.4. The third-order valence-electron chi connectivity index (χ3n) is 3.47. The highest BCUT2D eigenvalue weighted by Gasteiger charge is 2.21. The highest BCUT2D eigenvalue weighted by molar-refractivity contribution is 5.60. The molecule has 0 unspecified atom stereocenters. The van der Waals surface area contributed by atoms with Crippen LogP contribution < -0.4 is 21.5 Å². The van der Waals surface area contributed by atoms with Gasteiger partial charge in [-0.25, -0.2) is 4.98 Å². The SMILES string of the molecule is CCNCC1CCN(c2nc[nH]c(=O)c2N)CC1. The molecule has 0 amide bonds. The Morgan fingerprint density at radius 1 is 1.56 bits per heavy atom. The van der Waals surface area contributed by atoms with Crippen molar-refractivity contribution in [1.82, 2.24) is 15.3 Å². The van der Waals surface area contributed by atoms with E-state index in [1.54, 1.807) is 0 Å². The molecule has 1 saturated heterocycles. The van der Waals surface area contributed by atoms with Gasteiger partial charge in [-0.15, -0.1) is 0 Å². The van der Waals surface area contributed by atoms with Crippen molar-refractivity contribution in [3.63, 3.8) is 0 Å². The summed E-state index contributed by atoms with van der Waals surface area (Å²) in [6.07, 6.45) is 3.64. The van der Waals surface area contributed by atoms with Crippen LogP contribution in [0.3, 0.4) is 0 Å². The molecule has 4 N–H and O–H groups in total. The second kappa shape index (κ2) is 5.86. The Hall–Kier alpha value is -1.56. The molecular formula is C12H21N5O. The number of aromatic amines is 1. The number of nitrogens with zero attached hydrogens (tertiary/aromatic N) is 2. The van der Waals surface area contributed by atoms with Crippen LogP contribution in [0.5, 0.6) is 0 Å². The molecule has 0 spiro atoms. The Morgan fingerprint density at radius 2 is 2.28 bits per heavy atom. The van der Waals surface area contributed by atoms with Crippen LogP contribution in [0.25, 0.3) is 0 Å². The number of hydrogen-bond acceptors (Lipinski definition) is 5. The first kappa shape index (κ1) is 12.9. The van der Waals surface area contributed by atoms with Crippen molar-refractivity contribution in [2.45, 2.75) is 19.8 Å². The molecule has 2 heterocycles. The zero-order valence-corrected chi connectivity index (χ0v) is 10.8. The van der Waals surface area contributed by atoms with E-state index in [1.807, 2.05) is 0 Å². The standard InChI is InChI=1S/C12H21N5O/c1-2-14-7-9-3-5-17(6-4-9)11-10(13)12(18)16-8-15-11/h8-9,14H,2-7,13H2,1H3,(H,15,16,18). The van der Waals surface area contributed by atoms with Crippen molar-refractivity contribution < 1.29 is 0 Å². The molecule has 1 aromatic heterocycles. The van der Waals surface area contributed by atoms with Gasteiger partial charge in [-0.3, -0.25) is 4.79 Å². The minimum absolute atomic E-state index is 0.225. The summed E-state index contributed by atoms with van der Waals surface area (Å²) in [5, 5.41) is 3.38. The van der Waals surface area contributed by atoms with Gasteiger partial charge in [0.05, 0.1) is 6.33 Å². The van der Waals surface area contributed by atoms with Crippen LogP contribution in [0.1, 0.15) is 19.8 Å². The number of piperidine rings is 1. The molecule has 0 saturated carbocycles. The van der Waals surface area contributed by atoms with Gasteiger partial charge in [0.15, 0.2) is 5.82 Å². The Bertz CT molecular complexity index is 436. The lowest BCUT2D eigenvalue weighted by molar-refractivity contribution is 0.385. The zero-order valence-electron chi connectivity index (χ0n) is 10.8. The molecule has 18 heavy (non-hydrogen) atoms. The molecule has 2 rings (SSSR count). The topological polar surface area (TPSA) is 87.0 Å². The Kier molecular flexibility index (Phi) is 4.19. The summed E-state index contributed by atoms with van der Waals surface area (Å²) in [6, 6.07) is 0. The molecule has 0 aliphatic carbocycles. The molecule has 1 aliphatic heterocycles. The van der Waals surface area contributed by atoms with Gasteiger partial charge in [-0.2, -0.15) is 0 Å². The van der Waals surface area contributed by atoms with Crippen LogP contribution in [0.2, 0.25) is 0 Å². The van der Waals surface area contributed by atoms with Gasteiger partial charge < -0.3 is 20.9 Å². The molecule has 100 valence electrons. The second-order valence-corrected chi connectivity index (χ2v) is 4.71. The number of H-pyrrole nitrogens is 1. The van der Waals surface area contributed by atoms with E-state index in [0.717, 1.165) is 39.0 Å². The summed E-state index contributed by atoms with van der Waals surface area (Å²) < 4.78 is 0. The molecule has 0 aromatic carbocycles. The molecule has 0 bridgehead atoms. The number of hydrogen-bond donors (Lipinski definition) is 3. The van der Waals surface area contributed by atoms with Crippen molar-refractivity contribution in [2.24, 2.45) is 5.92 Å². The third-order valence-corrected chi connectivity index (χ3v) is 3.47. The number of nitrogens with two attached hydrogens (primary N) is 1. The fourth-order valence-electron chi connectivity index (χ4n) is 2.35. The van der Waals surface area contributed by atoms with Gasteiger partial charge in [0, 0.05) is 13.1 Å². The fraction of sp³-hybridized carbons (Fsp3) is 0.667. The van der Waals surface area contributed by atoms with E-state index in [-0.39, 0.29) is 11.2 Å². The van der Waals surface area contributed by atoms with E-state index in [4.69, 9.17) is 5.73 Å². The normalized spacial score (nSPS) is 17.1. The molecule has 1 aliphatic rings. The predicted molar refractivity (Wildman–Crippen MR) is 72.8 cm³/mol. The maximum Gasteiger partial charge on any atom is 0.276 e. The zero-order chi connectivity index (χ0) is 13.0. The van der Waals surface area contributed by atoms with E-state index in [9.17, 15) is 4.79 Å². The molecule has 0 atom stereocenters. The Morgan fingerprint density at radius 3 is 2.94 bits per heavy atom. The van der Waals surface area contributed by atoms with Crippen molar-refractivity contribution in [2.75, 3.05) is 36.8 Å². The predicted octanol–water partition coefficient (Wildman–Crippen LogP) is 0.178. The lowest BCUT2D eigenvalue weighted by Gasteiger charge is -2.33. The molecular weight excluding hydrogens is 230 g/mol. The van der Waals surface area contributed by atoms with Crippen molar-refractivity contribution in [3.05, 3.63) is 16.7 Å². The average Bonchev–Trinajstić information content (AvgIpc) is 2.40. The Balaban J connectivity index is 1.97. The van der Waals surface area contributed by atoms with Crippen molar-refractivity contribution >= 4 is 11.5 Å². The van der Waals surface area contributed by atoms with E-state index in [2.05, 4.69) is 27.1 Å².